The monoisotopic (exact) mass is 322 g/mol. The van der Waals surface area contributed by atoms with E-state index in [0.29, 0.717) is 22.0 Å². The lowest BCUT2D eigenvalue weighted by atomic mass is 10.0. The Bertz CT molecular complexity index is 415. The molecule has 1 aliphatic rings. The third-order valence-corrected chi connectivity index (χ3v) is 4.01. The summed E-state index contributed by atoms with van der Waals surface area (Å²) in [6, 6.07) is -0.389. The smallest absolute Gasteiger partial charge is 0.217 e. The summed E-state index contributed by atoms with van der Waals surface area (Å²) in [6.45, 7) is 2.32. The molecule has 0 aliphatic carbocycles. The molecule has 2 atom stereocenters. The molecule has 1 N–H and O–H groups in total. The molecule has 0 aromatic carbocycles. The van der Waals surface area contributed by atoms with Crippen molar-refractivity contribution in [3.8, 4) is 0 Å². The van der Waals surface area contributed by atoms with Gasteiger partial charge in [0, 0.05) is 13.5 Å². The number of piperidine rings is 1. The summed E-state index contributed by atoms with van der Waals surface area (Å²) < 4.78 is 14.5. The van der Waals surface area contributed by atoms with Crippen molar-refractivity contribution in [1.29, 1.82) is 0 Å². The van der Waals surface area contributed by atoms with Crippen LogP contribution in [0.5, 0.6) is 0 Å². The summed E-state index contributed by atoms with van der Waals surface area (Å²) in [5.74, 6) is -0.190. The van der Waals surface area contributed by atoms with Crippen LogP contribution < -0.4 is 10.2 Å². The normalized spacial score (nSPS) is 24.8. The zero-order valence-electron chi connectivity index (χ0n) is 9.19. The second-order valence-electron chi connectivity index (χ2n) is 3.90. The molecule has 0 saturated carbocycles. The first kappa shape index (κ1) is 12.7. The number of alkyl halides is 1. The first-order valence-corrected chi connectivity index (χ1v) is 6.82. The van der Waals surface area contributed by atoms with Crippen molar-refractivity contribution in [2.24, 2.45) is 0 Å². The fraction of sp³-hybridized carbons (Fsp3) is 0.667. The molecule has 0 radical (unpaired) electrons. The van der Waals surface area contributed by atoms with Crippen LogP contribution in [0.25, 0.3) is 0 Å². The van der Waals surface area contributed by atoms with Gasteiger partial charge in [-0.25, -0.2) is 4.39 Å². The van der Waals surface area contributed by atoms with E-state index in [4.69, 9.17) is 0 Å². The molecular formula is C9H12BrFN4OS. The lowest BCUT2D eigenvalue weighted by Gasteiger charge is -2.34. The summed E-state index contributed by atoms with van der Waals surface area (Å²) >= 11 is 4.60. The average molecular weight is 323 g/mol. The van der Waals surface area contributed by atoms with Gasteiger partial charge in [-0.05, 0) is 22.4 Å². The second kappa shape index (κ2) is 5.26. The molecule has 1 aliphatic heterocycles. The van der Waals surface area contributed by atoms with Crippen LogP contribution in [-0.2, 0) is 4.79 Å². The quantitative estimate of drug-likeness (QED) is 0.893. The molecule has 1 saturated heterocycles. The standard InChI is InChI=1S/C9H12BrFN4OS/c1-5(16)12-7-2-3-15(4-6(7)11)9-14-13-8(10)17-9/h6-7H,2-4H2,1H3,(H,12,16)/t6-,7+/m0/s1. The molecule has 5 nitrogen and oxygen atoms in total. The van der Waals surface area contributed by atoms with Crippen molar-refractivity contribution < 1.29 is 9.18 Å². The van der Waals surface area contributed by atoms with Crippen molar-refractivity contribution in [3.63, 3.8) is 0 Å². The molecule has 1 fully saturated rings. The summed E-state index contributed by atoms with van der Waals surface area (Å²) in [6.07, 6.45) is -0.492. The molecule has 0 bridgehead atoms. The number of halogens is 2. The Balaban J connectivity index is 1.97. The first-order valence-electron chi connectivity index (χ1n) is 5.21. The fourth-order valence-electron chi connectivity index (χ4n) is 1.83. The van der Waals surface area contributed by atoms with Crippen molar-refractivity contribution in [2.75, 3.05) is 18.0 Å². The molecule has 0 unspecified atom stereocenters. The van der Waals surface area contributed by atoms with Gasteiger partial charge in [-0.2, -0.15) is 0 Å². The number of carbonyl (C=O) groups is 1. The van der Waals surface area contributed by atoms with Crippen LogP contribution in [0.2, 0.25) is 0 Å². The molecular weight excluding hydrogens is 311 g/mol. The summed E-state index contributed by atoms with van der Waals surface area (Å²) in [7, 11) is 0. The number of hydrogen-bond donors (Lipinski definition) is 1. The van der Waals surface area contributed by atoms with E-state index >= 15 is 0 Å². The predicted octanol–water partition coefficient (Wildman–Crippen LogP) is 1.35. The summed E-state index contributed by atoms with van der Waals surface area (Å²) in [5.41, 5.74) is 0. The second-order valence-corrected chi connectivity index (χ2v) is 6.13. The van der Waals surface area contributed by atoms with E-state index in [0.717, 1.165) is 0 Å². The van der Waals surface area contributed by atoms with Gasteiger partial charge >= 0.3 is 0 Å². The third-order valence-electron chi connectivity index (χ3n) is 2.59. The number of rotatable bonds is 2. The highest BCUT2D eigenvalue weighted by Crippen LogP contribution is 2.27. The van der Waals surface area contributed by atoms with Crippen LogP contribution in [0.15, 0.2) is 3.92 Å². The average Bonchev–Trinajstić information content (AvgIpc) is 2.67. The van der Waals surface area contributed by atoms with Gasteiger partial charge < -0.3 is 10.2 Å². The Kier molecular flexibility index (Phi) is 3.93. The van der Waals surface area contributed by atoms with E-state index in [-0.39, 0.29) is 18.5 Å². The molecule has 8 heteroatoms. The van der Waals surface area contributed by atoms with E-state index in [9.17, 15) is 9.18 Å². The predicted molar refractivity (Wildman–Crippen MR) is 66.9 cm³/mol. The number of nitrogens with zero attached hydrogens (tertiary/aromatic N) is 3. The molecule has 17 heavy (non-hydrogen) atoms. The van der Waals surface area contributed by atoms with Gasteiger partial charge in [-0.3, -0.25) is 4.79 Å². The maximum atomic E-state index is 13.8. The number of aromatic nitrogens is 2. The molecule has 1 aromatic heterocycles. The maximum Gasteiger partial charge on any atom is 0.217 e. The maximum absolute atomic E-state index is 13.8. The third kappa shape index (κ3) is 3.12. The van der Waals surface area contributed by atoms with Gasteiger partial charge in [0.05, 0.1) is 12.6 Å². The number of carbonyl (C=O) groups excluding carboxylic acids is 1. The van der Waals surface area contributed by atoms with Gasteiger partial charge in [0.25, 0.3) is 0 Å². The number of hydrogen-bond acceptors (Lipinski definition) is 5. The molecule has 94 valence electrons. The number of anilines is 1. The van der Waals surface area contributed by atoms with Crippen molar-refractivity contribution in [2.45, 2.75) is 25.6 Å². The van der Waals surface area contributed by atoms with E-state index in [1.54, 1.807) is 0 Å². The Hall–Kier alpha value is -0.760. The Labute approximate surface area is 111 Å². The van der Waals surface area contributed by atoms with Crippen molar-refractivity contribution in [3.05, 3.63) is 3.92 Å². The largest absolute Gasteiger partial charge is 0.351 e. The zero-order chi connectivity index (χ0) is 12.4. The Morgan fingerprint density at radius 2 is 2.41 bits per heavy atom. The van der Waals surface area contributed by atoms with Crippen LogP contribution in [-0.4, -0.2) is 41.4 Å². The minimum Gasteiger partial charge on any atom is -0.351 e. The lowest BCUT2D eigenvalue weighted by molar-refractivity contribution is -0.120. The minimum absolute atomic E-state index is 0.190. The topological polar surface area (TPSA) is 58.1 Å². The van der Waals surface area contributed by atoms with Crippen LogP contribution in [0.3, 0.4) is 0 Å². The molecule has 1 amide bonds. The van der Waals surface area contributed by atoms with Gasteiger partial charge in [-0.1, -0.05) is 11.3 Å². The van der Waals surface area contributed by atoms with Crippen molar-refractivity contribution >= 4 is 38.3 Å². The van der Waals surface area contributed by atoms with Crippen LogP contribution in [0, 0.1) is 0 Å². The van der Waals surface area contributed by atoms with Gasteiger partial charge in [0.2, 0.25) is 11.0 Å². The first-order chi connectivity index (χ1) is 8.06. The highest BCUT2D eigenvalue weighted by Gasteiger charge is 2.31. The SMILES string of the molecule is CC(=O)N[C@@H]1CCN(c2nnc(Br)s2)C[C@@H]1F. The van der Waals surface area contributed by atoms with Gasteiger partial charge in [0.1, 0.15) is 6.17 Å². The molecule has 2 rings (SSSR count). The minimum atomic E-state index is -1.07. The van der Waals surface area contributed by atoms with E-state index in [1.165, 1.54) is 18.3 Å². The summed E-state index contributed by atoms with van der Waals surface area (Å²) in [5, 5.41) is 11.1. The van der Waals surface area contributed by atoms with Crippen LogP contribution in [0.4, 0.5) is 9.52 Å². The summed E-state index contributed by atoms with van der Waals surface area (Å²) in [4.78, 5) is 12.7. The zero-order valence-corrected chi connectivity index (χ0v) is 11.6. The van der Waals surface area contributed by atoms with E-state index < -0.39 is 6.17 Å². The molecule has 0 spiro atoms. The van der Waals surface area contributed by atoms with Crippen LogP contribution in [0.1, 0.15) is 13.3 Å². The fourth-order valence-corrected chi connectivity index (χ4v) is 2.95. The number of amides is 1. The van der Waals surface area contributed by atoms with Gasteiger partial charge in [0.15, 0.2) is 3.92 Å². The Morgan fingerprint density at radius 3 is 2.94 bits per heavy atom. The van der Waals surface area contributed by atoms with Crippen LogP contribution >= 0.6 is 27.3 Å². The van der Waals surface area contributed by atoms with E-state index in [2.05, 4.69) is 31.4 Å². The molecule has 2 heterocycles. The van der Waals surface area contributed by atoms with E-state index in [1.807, 2.05) is 4.90 Å². The van der Waals surface area contributed by atoms with Crippen molar-refractivity contribution in [1.82, 2.24) is 15.5 Å². The molecule has 1 aromatic rings. The highest BCUT2D eigenvalue weighted by molar-refractivity contribution is 9.11. The highest BCUT2D eigenvalue weighted by atomic mass is 79.9. The van der Waals surface area contributed by atoms with Gasteiger partial charge in [-0.15, -0.1) is 10.2 Å². The Morgan fingerprint density at radius 1 is 1.65 bits per heavy atom. The lowest BCUT2D eigenvalue weighted by Crippen LogP contribution is -2.52. The number of nitrogens with one attached hydrogen (secondary N) is 1.